The molecule has 0 spiro atoms. The zero-order chi connectivity index (χ0) is 11.8. The number of ether oxygens (including phenoxy) is 1. The highest BCUT2D eigenvalue weighted by molar-refractivity contribution is 9.10. The van der Waals surface area contributed by atoms with Gasteiger partial charge < -0.3 is 9.84 Å². The minimum absolute atomic E-state index is 0.112. The van der Waals surface area contributed by atoms with Gasteiger partial charge in [0, 0.05) is 19.9 Å². The molecule has 90 valence electrons. The summed E-state index contributed by atoms with van der Waals surface area (Å²) in [5.41, 5.74) is -0.134. The minimum atomic E-state index is -0.879. The molecule has 5 nitrogen and oxygen atoms in total. The molecule has 0 radical (unpaired) electrons. The van der Waals surface area contributed by atoms with E-state index in [1.165, 1.54) is 0 Å². The Morgan fingerprint density at radius 2 is 2.44 bits per heavy atom. The third-order valence-electron chi connectivity index (χ3n) is 3.12. The smallest absolute Gasteiger partial charge is 0.154 e. The molecule has 0 amide bonds. The second kappa shape index (κ2) is 4.43. The van der Waals surface area contributed by atoms with Crippen molar-refractivity contribution in [3.8, 4) is 0 Å². The van der Waals surface area contributed by atoms with Crippen LogP contribution in [-0.2, 0) is 17.4 Å². The van der Waals surface area contributed by atoms with Crippen molar-refractivity contribution in [3.05, 3.63) is 10.3 Å². The number of hydrogen-bond acceptors (Lipinski definition) is 4. The zero-order valence-electron chi connectivity index (χ0n) is 9.48. The molecule has 2 atom stereocenters. The molecule has 1 aromatic heterocycles. The van der Waals surface area contributed by atoms with Crippen LogP contribution in [0.4, 0.5) is 0 Å². The van der Waals surface area contributed by atoms with Crippen molar-refractivity contribution in [1.82, 2.24) is 15.0 Å². The summed E-state index contributed by atoms with van der Waals surface area (Å²) >= 11 is 3.33. The molecule has 1 fully saturated rings. The van der Waals surface area contributed by atoms with Gasteiger partial charge in [-0.2, -0.15) is 0 Å². The van der Waals surface area contributed by atoms with Crippen LogP contribution in [0.15, 0.2) is 4.60 Å². The molecule has 1 aliphatic rings. The fraction of sp³-hybridized carbons (Fsp3) is 0.800. The summed E-state index contributed by atoms with van der Waals surface area (Å²) in [4.78, 5) is 0. The second-order valence-corrected chi connectivity index (χ2v) is 4.99. The van der Waals surface area contributed by atoms with E-state index in [-0.39, 0.29) is 6.10 Å². The van der Waals surface area contributed by atoms with Gasteiger partial charge in [-0.05, 0) is 22.4 Å². The lowest BCUT2D eigenvalue weighted by molar-refractivity contribution is -0.112. The van der Waals surface area contributed by atoms with Crippen LogP contribution in [0, 0.1) is 0 Å². The number of aromatic nitrogens is 3. The van der Waals surface area contributed by atoms with E-state index in [1.54, 1.807) is 11.7 Å². The first-order valence-corrected chi connectivity index (χ1v) is 6.26. The molecular formula is C10H16BrN3O2. The van der Waals surface area contributed by atoms with E-state index in [9.17, 15) is 5.11 Å². The maximum absolute atomic E-state index is 10.7. The van der Waals surface area contributed by atoms with Gasteiger partial charge in [-0.1, -0.05) is 12.1 Å². The highest BCUT2D eigenvalue weighted by Gasteiger charge is 2.40. The van der Waals surface area contributed by atoms with Gasteiger partial charge in [-0.3, -0.25) is 0 Å². The first-order valence-electron chi connectivity index (χ1n) is 5.46. The molecule has 16 heavy (non-hydrogen) atoms. The normalized spacial score (nSPS) is 30.6. The van der Waals surface area contributed by atoms with Gasteiger partial charge in [0.2, 0.25) is 0 Å². The van der Waals surface area contributed by atoms with E-state index in [1.807, 2.05) is 0 Å². The van der Waals surface area contributed by atoms with E-state index < -0.39 is 5.60 Å². The summed E-state index contributed by atoms with van der Waals surface area (Å²) in [6.45, 7) is 2.64. The van der Waals surface area contributed by atoms with Gasteiger partial charge in [0.1, 0.15) is 11.3 Å². The average molecular weight is 290 g/mol. The number of aliphatic hydroxyl groups is 1. The topological polar surface area (TPSA) is 60.2 Å². The van der Waals surface area contributed by atoms with E-state index in [0.717, 1.165) is 12.1 Å². The van der Waals surface area contributed by atoms with Crippen molar-refractivity contribution in [2.45, 2.75) is 37.9 Å². The molecule has 1 N–H and O–H groups in total. The van der Waals surface area contributed by atoms with E-state index >= 15 is 0 Å². The first kappa shape index (κ1) is 12.0. The van der Waals surface area contributed by atoms with Crippen LogP contribution in [0.2, 0.25) is 0 Å². The molecule has 0 bridgehead atoms. The van der Waals surface area contributed by atoms with Gasteiger partial charge >= 0.3 is 0 Å². The Balaban J connectivity index is 2.31. The quantitative estimate of drug-likeness (QED) is 0.893. The Morgan fingerprint density at radius 3 is 3.00 bits per heavy atom. The summed E-state index contributed by atoms with van der Waals surface area (Å²) in [5, 5.41) is 18.5. The Kier molecular flexibility index (Phi) is 3.32. The summed E-state index contributed by atoms with van der Waals surface area (Å²) in [6.07, 6.45) is 2.21. The van der Waals surface area contributed by atoms with Gasteiger partial charge in [0.15, 0.2) is 4.60 Å². The molecule has 1 aliphatic heterocycles. The Hall–Kier alpha value is -0.460. The third-order valence-corrected chi connectivity index (χ3v) is 3.65. The third kappa shape index (κ3) is 2.01. The Morgan fingerprint density at radius 1 is 1.69 bits per heavy atom. The summed E-state index contributed by atoms with van der Waals surface area (Å²) in [6, 6.07) is 0. The van der Waals surface area contributed by atoms with E-state index in [4.69, 9.17) is 4.74 Å². The van der Waals surface area contributed by atoms with Crippen LogP contribution in [0.25, 0.3) is 0 Å². The van der Waals surface area contributed by atoms with Crippen molar-refractivity contribution in [1.29, 1.82) is 0 Å². The number of hydrogen-bond donors (Lipinski definition) is 1. The number of aryl methyl sites for hydroxylation is 1. The predicted octanol–water partition coefficient (Wildman–Crippen LogP) is 1.35. The van der Waals surface area contributed by atoms with E-state index in [0.29, 0.717) is 24.1 Å². The summed E-state index contributed by atoms with van der Waals surface area (Å²) in [7, 11) is 1.79. The van der Waals surface area contributed by atoms with Crippen LogP contribution in [-0.4, -0.2) is 32.8 Å². The summed E-state index contributed by atoms with van der Waals surface area (Å²) < 4.78 is 7.82. The molecule has 0 aromatic carbocycles. The molecular weight excluding hydrogens is 274 g/mol. The maximum Gasteiger partial charge on any atom is 0.154 e. The fourth-order valence-corrected chi connectivity index (χ4v) is 2.93. The predicted molar refractivity (Wildman–Crippen MR) is 61.9 cm³/mol. The van der Waals surface area contributed by atoms with Gasteiger partial charge in [0.25, 0.3) is 0 Å². The zero-order valence-corrected chi connectivity index (χ0v) is 11.1. The lowest BCUT2D eigenvalue weighted by Gasteiger charge is -2.36. The molecule has 1 aromatic rings. The highest BCUT2D eigenvalue weighted by Crippen LogP contribution is 2.37. The van der Waals surface area contributed by atoms with Crippen LogP contribution in [0.1, 0.15) is 31.9 Å². The molecule has 2 heterocycles. The largest absolute Gasteiger partial charge is 0.383 e. The van der Waals surface area contributed by atoms with Crippen LogP contribution in [0.3, 0.4) is 0 Å². The lowest BCUT2D eigenvalue weighted by atomic mass is 9.87. The number of rotatable bonds is 2. The van der Waals surface area contributed by atoms with Gasteiger partial charge in [-0.25, -0.2) is 4.68 Å². The average Bonchev–Trinajstić information content (AvgIpc) is 2.59. The first-order chi connectivity index (χ1) is 7.57. The lowest BCUT2D eigenvalue weighted by Crippen LogP contribution is -2.40. The number of halogens is 1. The molecule has 0 saturated carbocycles. The standard InChI is InChI=1S/C10H16BrN3O2/c1-3-7-6-10(15,4-5-16-7)8-9(11)12-13-14(8)2/h7,15H,3-6H2,1-2H3. The Labute approximate surface area is 103 Å². The van der Waals surface area contributed by atoms with Crippen molar-refractivity contribution >= 4 is 15.9 Å². The van der Waals surface area contributed by atoms with Crippen LogP contribution >= 0.6 is 15.9 Å². The number of nitrogens with zero attached hydrogens (tertiary/aromatic N) is 3. The Bertz CT molecular complexity index is 363. The van der Waals surface area contributed by atoms with Crippen molar-refractivity contribution in [2.75, 3.05) is 6.61 Å². The molecule has 0 aliphatic carbocycles. The highest BCUT2D eigenvalue weighted by atomic mass is 79.9. The molecule has 2 unspecified atom stereocenters. The van der Waals surface area contributed by atoms with Crippen molar-refractivity contribution in [3.63, 3.8) is 0 Å². The second-order valence-electron chi connectivity index (χ2n) is 4.24. The maximum atomic E-state index is 10.7. The molecule has 2 rings (SSSR count). The molecule has 1 saturated heterocycles. The summed E-state index contributed by atoms with van der Waals surface area (Å²) in [5.74, 6) is 0. The van der Waals surface area contributed by atoms with Crippen molar-refractivity contribution in [2.24, 2.45) is 7.05 Å². The van der Waals surface area contributed by atoms with Gasteiger partial charge in [-0.15, -0.1) is 5.10 Å². The monoisotopic (exact) mass is 289 g/mol. The van der Waals surface area contributed by atoms with Gasteiger partial charge in [0.05, 0.1) is 12.7 Å². The SMILES string of the molecule is CCC1CC(O)(c2c(Br)nnn2C)CCO1. The fourth-order valence-electron chi connectivity index (χ4n) is 2.23. The molecule has 6 heteroatoms. The van der Waals surface area contributed by atoms with Crippen LogP contribution in [0.5, 0.6) is 0 Å². The van der Waals surface area contributed by atoms with E-state index in [2.05, 4.69) is 33.2 Å². The minimum Gasteiger partial charge on any atom is -0.383 e. The van der Waals surface area contributed by atoms with Crippen LogP contribution < -0.4 is 0 Å². The van der Waals surface area contributed by atoms with Crippen molar-refractivity contribution < 1.29 is 9.84 Å².